The van der Waals surface area contributed by atoms with Crippen LogP contribution in [-0.2, 0) is 6.54 Å². The van der Waals surface area contributed by atoms with Crippen LogP contribution >= 0.6 is 0 Å². The van der Waals surface area contributed by atoms with Crippen molar-refractivity contribution >= 4 is 11.6 Å². The first-order valence-electron chi connectivity index (χ1n) is 13.7. The van der Waals surface area contributed by atoms with Crippen molar-refractivity contribution in [1.29, 1.82) is 0 Å². The Balaban J connectivity index is 1.10. The van der Waals surface area contributed by atoms with Gasteiger partial charge in [0.05, 0.1) is 11.3 Å². The molecule has 0 radical (unpaired) electrons. The van der Waals surface area contributed by atoms with Gasteiger partial charge in [-0.15, -0.1) is 5.10 Å². The number of aromatic nitrogens is 8. The molecule has 1 fully saturated rings. The summed E-state index contributed by atoms with van der Waals surface area (Å²) in [5, 5.41) is 15.5. The van der Waals surface area contributed by atoms with E-state index in [9.17, 15) is 0 Å². The molecule has 204 valence electrons. The second-order valence-corrected chi connectivity index (χ2v) is 10.5. The first-order valence-corrected chi connectivity index (χ1v) is 13.7. The highest BCUT2D eigenvalue weighted by Crippen LogP contribution is 2.37. The van der Waals surface area contributed by atoms with E-state index in [4.69, 9.17) is 9.97 Å². The maximum absolute atomic E-state index is 4.96. The van der Waals surface area contributed by atoms with Crippen molar-refractivity contribution in [3.05, 3.63) is 95.7 Å². The van der Waals surface area contributed by atoms with Crippen LogP contribution in [0.5, 0.6) is 0 Å². The van der Waals surface area contributed by atoms with Gasteiger partial charge in [0.25, 0.3) is 5.78 Å². The Morgan fingerprint density at radius 3 is 2.41 bits per heavy atom. The number of fused-ring (bicyclic) bond motifs is 1. The number of aromatic amines is 1. The molecule has 10 heteroatoms. The molecule has 1 saturated heterocycles. The second-order valence-electron chi connectivity index (χ2n) is 10.5. The minimum Gasteiger partial charge on any atom is -0.372 e. The molecule has 0 atom stereocenters. The number of nitrogens with one attached hydrogen (secondary N) is 2. The first-order chi connectivity index (χ1) is 20.1. The minimum atomic E-state index is 0.319. The lowest BCUT2D eigenvalue weighted by atomic mass is 9.97. The molecular formula is C31H30N10. The summed E-state index contributed by atoms with van der Waals surface area (Å²) in [4.78, 5) is 21.2. The molecule has 0 aliphatic carbocycles. The second kappa shape index (κ2) is 10.2. The van der Waals surface area contributed by atoms with E-state index < -0.39 is 0 Å². The van der Waals surface area contributed by atoms with Crippen molar-refractivity contribution in [3.63, 3.8) is 0 Å². The van der Waals surface area contributed by atoms with Crippen molar-refractivity contribution in [2.75, 3.05) is 25.5 Å². The van der Waals surface area contributed by atoms with Crippen LogP contribution in [0.15, 0.2) is 72.8 Å². The fourth-order valence-corrected chi connectivity index (χ4v) is 5.45. The van der Waals surface area contributed by atoms with Crippen LogP contribution in [0.25, 0.3) is 39.7 Å². The van der Waals surface area contributed by atoms with Gasteiger partial charge in [-0.3, -0.25) is 10.00 Å². The van der Waals surface area contributed by atoms with E-state index in [-0.39, 0.29) is 0 Å². The molecule has 0 spiro atoms. The van der Waals surface area contributed by atoms with E-state index in [0.29, 0.717) is 17.5 Å². The number of hydrogen-bond acceptors (Lipinski definition) is 8. The van der Waals surface area contributed by atoms with Crippen LogP contribution in [0.3, 0.4) is 0 Å². The minimum absolute atomic E-state index is 0.319. The summed E-state index contributed by atoms with van der Waals surface area (Å²) in [7, 11) is 1.91. The average Bonchev–Trinajstić information content (AvgIpc) is 3.61. The van der Waals surface area contributed by atoms with Crippen molar-refractivity contribution in [2.45, 2.75) is 26.3 Å². The van der Waals surface area contributed by atoms with Crippen LogP contribution in [0.4, 0.5) is 5.82 Å². The molecule has 6 aromatic rings. The van der Waals surface area contributed by atoms with Crippen LogP contribution in [0, 0.1) is 13.8 Å². The lowest BCUT2D eigenvalue weighted by molar-refractivity contribution is 0.135. The predicted octanol–water partition coefficient (Wildman–Crippen LogP) is 4.90. The van der Waals surface area contributed by atoms with Gasteiger partial charge in [0.2, 0.25) is 0 Å². The van der Waals surface area contributed by atoms with Gasteiger partial charge in [0.15, 0.2) is 11.6 Å². The number of likely N-dealkylation sites (tertiary alicyclic amines) is 1. The fraction of sp³-hybridized carbons (Fsp3) is 0.226. The summed E-state index contributed by atoms with van der Waals surface area (Å²) in [5.41, 5.74) is 7.01. The molecule has 2 aromatic carbocycles. The zero-order valence-corrected chi connectivity index (χ0v) is 23.2. The highest BCUT2D eigenvalue weighted by molar-refractivity contribution is 5.89. The van der Waals surface area contributed by atoms with E-state index in [2.05, 4.69) is 71.9 Å². The number of nitrogens with zero attached hydrogens (tertiary/aromatic N) is 8. The Hall–Kier alpha value is -4.96. The molecule has 0 saturated carbocycles. The van der Waals surface area contributed by atoms with Crippen LogP contribution < -0.4 is 5.32 Å². The molecule has 5 heterocycles. The number of H-pyrrole nitrogens is 1. The molecule has 1 aliphatic rings. The SMILES string of the molecule is CNc1c(-c2ccccc2)c(-c2ccc(CN3CC(c4n[nH]c(-c5cccc(C)n5)n4)C3)cc2)nc2nc(C)nn12. The van der Waals surface area contributed by atoms with Gasteiger partial charge in [0.1, 0.15) is 17.3 Å². The standard InChI is InChI=1S/C31H30N10/c1-19-8-7-11-25(33-19)29-36-28(37-38-29)24-17-40(18-24)16-21-12-14-23(15-13-21)27-26(22-9-5-4-6-10-22)30(32-3)41-31(35-27)34-20(2)39-41/h4-15,24,32H,16-18H2,1-3H3,(H,36,37,38). The lowest BCUT2D eigenvalue weighted by Gasteiger charge is -2.37. The van der Waals surface area contributed by atoms with E-state index in [1.165, 1.54) is 5.56 Å². The van der Waals surface area contributed by atoms with Gasteiger partial charge in [-0.1, -0.05) is 60.7 Å². The van der Waals surface area contributed by atoms with Gasteiger partial charge in [-0.25, -0.2) is 15.0 Å². The van der Waals surface area contributed by atoms with Gasteiger partial charge in [0, 0.05) is 43.9 Å². The summed E-state index contributed by atoms with van der Waals surface area (Å²) in [6.45, 7) is 6.58. The third-order valence-corrected chi connectivity index (χ3v) is 7.48. The number of benzene rings is 2. The molecule has 7 rings (SSSR count). The number of pyridine rings is 1. The summed E-state index contributed by atoms with van der Waals surface area (Å²) in [6.07, 6.45) is 0. The van der Waals surface area contributed by atoms with E-state index in [0.717, 1.165) is 70.9 Å². The van der Waals surface area contributed by atoms with Gasteiger partial charge < -0.3 is 5.32 Å². The highest BCUT2D eigenvalue weighted by Gasteiger charge is 2.31. The van der Waals surface area contributed by atoms with Gasteiger partial charge in [-0.2, -0.15) is 14.6 Å². The van der Waals surface area contributed by atoms with Crippen LogP contribution in [0.2, 0.25) is 0 Å². The fourth-order valence-electron chi connectivity index (χ4n) is 5.45. The largest absolute Gasteiger partial charge is 0.372 e. The molecule has 0 amide bonds. The average molecular weight is 543 g/mol. The van der Waals surface area contributed by atoms with Crippen LogP contribution in [0.1, 0.15) is 28.8 Å². The normalized spacial score (nSPS) is 13.9. The number of hydrogen-bond donors (Lipinski definition) is 2. The third-order valence-electron chi connectivity index (χ3n) is 7.48. The van der Waals surface area contributed by atoms with Crippen molar-refractivity contribution in [3.8, 4) is 33.9 Å². The highest BCUT2D eigenvalue weighted by atomic mass is 15.4. The Morgan fingerprint density at radius 2 is 1.66 bits per heavy atom. The van der Waals surface area contributed by atoms with E-state index in [1.807, 2.05) is 57.3 Å². The zero-order valence-electron chi connectivity index (χ0n) is 23.2. The van der Waals surface area contributed by atoms with Gasteiger partial charge in [-0.05, 0) is 37.1 Å². The molecule has 1 aliphatic heterocycles. The summed E-state index contributed by atoms with van der Waals surface area (Å²) in [5.74, 6) is 4.02. The number of aryl methyl sites for hydroxylation is 2. The Morgan fingerprint density at radius 1 is 0.854 bits per heavy atom. The summed E-state index contributed by atoms with van der Waals surface area (Å²) in [6, 6.07) is 24.9. The molecule has 10 nitrogen and oxygen atoms in total. The monoisotopic (exact) mass is 542 g/mol. The van der Waals surface area contributed by atoms with Crippen molar-refractivity contribution < 1.29 is 0 Å². The Kier molecular flexibility index (Phi) is 6.24. The van der Waals surface area contributed by atoms with E-state index in [1.54, 1.807) is 4.52 Å². The quantitative estimate of drug-likeness (QED) is 0.293. The predicted molar refractivity (Wildman–Crippen MR) is 158 cm³/mol. The molecule has 0 bridgehead atoms. The topological polar surface area (TPSA) is 113 Å². The molecular weight excluding hydrogens is 512 g/mol. The first kappa shape index (κ1) is 25.0. The number of anilines is 1. The van der Waals surface area contributed by atoms with Gasteiger partial charge >= 0.3 is 0 Å². The molecule has 4 aromatic heterocycles. The Bertz CT molecular complexity index is 1830. The van der Waals surface area contributed by atoms with Crippen LogP contribution in [-0.4, -0.2) is 64.8 Å². The lowest BCUT2D eigenvalue weighted by Crippen LogP contribution is -2.44. The maximum Gasteiger partial charge on any atom is 0.254 e. The molecule has 0 unspecified atom stereocenters. The summed E-state index contributed by atoms with van der Waals surface area (Å²) < 4.78 is 1.78. The number of rotatable bonds is 7. The maximum atomic E-state index is 4.96. The van der Waals surface area contributed by atoms with Crippen molar-refractivity contribution in [2.24, 2.45) is 0 Å². The third kappa shape index (κ3) is 4.72. The summed E-state index contributed by atoms with van der Waals surface area (Å²) >= 11 is 0. The molecule has 41 heavy (non-hydrogen) atoms. The molecule has 2 N–H and O–H groups in total. The van der Waals surface area contributed by atoms with Crippen molar-refractivity contribution in [1.82, 2.24) is 44.6 Å². The Labute approximate surface area is 237 Å². The smallest absolute Gasteiger partial charge is 0.254 e. The zero-order chi connectivity index (χ0) is 27.9. The van der Waals surface area contributed by atoms with E-state index >= 15 is 0 Å².